The maximum atomic E-state index is 11.3. The van der Waals surface area contributed by atoms with Crippen LogP contribution in [0.5, 0.6) is 0 Å². The van der Waals surface area contributed by atoms with E-state index in [0.29, 0.717) is 0 Å². The summed E-state index contributed by atoms with van der Waals surface area (Å²) in [4.78, 5) is 15.4. The lowest BCUT2D eigenvalue weighted by molar-refractivity contribution is -0.119. The molecule has 0 aliphatic heterocycles. The van der Waals surface area contributed by atoms with Crippen LogP contribution in [-0.2, 0) is 4.79 Å². The average molecular weight is 249 g/mol. The first kappa shape index (κ1) is 11.9. The molecule has 3 nitrogen and oxygen atoms in total. The van der Waals surface area contributed by atoms with Crippen LogP contribution in [-0.4, -0.2) is 16.8 Å². The number of alkyl halides is 1. The number of nitrogens with one attached hydrogen (secondary N) is 1. The number of nitrogens with zero attached hydrogens (tertiary/aromatic N) is 1. The van der Waals surface area contributed by atoms with E-state index >= 15 is 0 Å². The maximum Gasteiger partial charge on any atom is 0.235 e. The fourth-order valence-corrected chi connectivity index (χ4v) is 1.96. The number of carbonyl (C=O) groups excluding carboxylic acids is 1. The second-order valence-corrected chi connectivity index (χ2v) is 4.13. The molecule has 1 amide bonds. The van der Waals surface area contributed by atoms with Crippen molar-refractivity contribution in [3.63, 3.8) is 0 Å². The number of pyridine rings is 1. The van der Waals surface area contributed by atoms with E-state index in [2.05, 4.69) is 10.3 Å². The monoisotopic (exact) mass is 248 g/mol. The second-order valence-electron chi connectivity index (χ2n) is 3.87. The van der Waals surface area contributed by atoms with Crippen molar-refractivity contribution >= 4 is 28.3 Å². The Labute approximate surface area is 105 Å². The van der Waals surface area contributed by atoms with E-state index in [-0.39, 0.29) is 17.8 Å². The first-order chi connectivity index (χ1) is 8.22. The lowest BCUT2D eigenvalue weighted by atomic mass is 10.0. The molecule has 1 atom stereocenters. The van der Waals surface area contributed by atoms with Crippen molar-refractivity contribution in [1.82, 2.24) is 10.3 Å². The number of benzene rings is 1. The van der Waals surface area contributed by atoms with Crippen LogP contribution in [0.15, 0.2) is 36.7 Å². The highest BCUT2D eigenvalue weighted by Gasteiger charge is 2.11. The molecule has 0 saturated carbocycles. The van der Waals surface area contributed by atoms with Gasteiger partial charge in [0.15, 0.2) is 0 Å². The zero-order chi connectivity index (χ0) is 12.3. The third-order valence-electron chi connectivity index (χ3n) is 2.68. The Balaban J connectivity index is 2.38. The first-order valence-corrected chi connectivity index (χ1v) is 5.94. The van der Waals surface area contributed by atoms with Gasteiger partial charge in [0.25, 0.3) is 0 Å². The maximum absolute atomic E-state index is 11.3. The predicted molar refractivity (Wildman–Crippen MR) is 69.0 cm³/mol. The second kappa shape index (κ2) is 5.15. The molecule has 0 fully saturated rings. The van der Waals surface area contributed by atoms with Crippen molar-refractivity contribution in [3.05, 3.63) is 42.2 Å². The number of hydrogen-bond acceptors (Lipinski definition) is 2. The number of rotatable bonds is 3. The van der Waals surface area contributed by atoms with Crippen molar-refractivity contribution in [1.29, 1.82) is 0 Å². The van der Waals surface area contributed by atoms with Gasteiger partial charge in [-0.1, -0.05) is 18.2 Å². The highest BCUT2D eigenvalue weighted by molar-refractivity contribution is 6.27. The van der Waals surface area contributed by atoms with E-state index in [1.165, 1.54) is 0 Å². The standard InChI is InChI=1S/C13H13ClN2O/c1-9(16-13(17)7-14)11-4-2-3-10-8-15-6-5-12(10)11/h2-6,8-9H,7H2,1H3,(H,16,17)/t9-/m0/s1. The van der Waals surface area contributed by atoms with E-state index in [1.807, 2.05) is 37.4 Å². The van der Waals surface area contributed by atoms with E-state index in [4.69, 9.17) is 11.6 Å². The van der Waals surface area contributed by atoms with Gasteiger partial charge in [-0.15, -0.1) is 11.6 Å². The zero-order valence-corrected chi connectivity index (χ0v) is 10.2. The smallest absolute Gasteiger partial charge is 0.235 e. The van der Waals surface area contributed by atoms with Gasteiger partial charge >= 0.3 is 0 Å². The van der Waals surface area contributed by atoms with Crippen molar-refractivity contribution in [3.8, 4) is 0 Å². The molecule has 2 aromatic rings. The molecular weight excluding hydrogens is 236 g/mol. The van der Waals surface area contributed by atoms with Crippen LogP contribution in [0.2, 0.25) is 0 Å². The summed E-state index contributed by atoms with van der Waals surface area (Å²) in [6.07, 6.45) is 3.57. The molecule has 1 aromatic heterocycles. The fourth-order valence-electron chi connectivity index (χ4n) is 1.88. The molecule has 88 valence electrons. The minimum absolute atomic E-state index is 0.0172. The molecule has 4 heteroatoms. The number of carbonyl (C=O) groups is 1. The van der Waals surface area contributed by atoms with E-state index in [1.54, 1.807) is 6.20 Å². The SMILES string of the molecule is C[C@H](NC(=O)CCl)c1cccc2cnccc12. The molecule has 0 saturated heterocycles. The molecule has 17 heavy (non-hydrogen) atoms. The lowest BCUT2D eigenvalue weighted by Crippen LogP contribution is -2.27. The summed E-state index contributed by atoms with van der Waals surface area (Å²) < 4.78 is 0. The molecule has 0 unspecified atom stereocenters. The summed E-state index contributed by atoms with van der Waals surface area (Å²) in [7, 11) is 0. The van der Waals surface area contributed by atoms with Gasteiger partial charge in [0.1, 0.15) is 5.88 Å². The van der Waals surface area contributed by atoms with Crippen molar-refractivity contribution in [2.45, 2.75) is 13.0 Å². The van der Waals surface area contributed by atoms with Crippen LogP contribution in [0, 0.1) is 0 Å². The van der Waals surface area contributed by atoms with Crippen LogP contribution in [0.1, 0.15) is 18.5 Å². The Morgan fingerprint density at radius 1 is 1.47 bits per heavy atom. The largest absolute Gasteiger partial charge is 0.349 e. The lowest BCUT2D eigenvalue weighted by Gasteiger charge is -2.15. The Hall–Kier alpha value is -1.61. The topological polar surface area (TPSA) is 42.0 Å². The summed E-state index contributed by atoms with van der Waals surface area (Å²) in [6.45, 7) is 1.94. The Morgan fingerprint density at radius 3 is 3.06 bits per heavy atom. The average Bonchev–Trinajstić information content (AvgIpc) is 2.37. The molecular formula is C13H13ClN2O. The van der Waals surface area contributed by atoms with Crippen LogP contribution < -0.4 is 5.32 Å². The number of amides is 1. The van der Waals surface area contributed by atoms with Gasteiger partial charge in [0.2, 0.25) is 5.91 Å². The Morgan fingerprint density at radius 2 is 2.29 bits per heavy atom. The van der Waals surface area contributed by atoms with Gasteiger partial charge in [0, 0.05) is 17.8 Å². The van der Waals surface area contributed by atoms with Crippen molar-refractivity contribution < 1.29 is 4.79 Å². The van der Waals surface area contributed by atoms with Crippen LogP contribution >= 0.6 is 11.6 Å². The number of halogens is 1. The number of fused-ring (bicyclic) bond motifs is 1. The fraction of sp³-hybridized carbons (Fsp3) is 0.231. The molecule has 0 aliphatic rings. The number of aromatic nitrogens is 1. The van der Waals surface area contributed by atoms with Gasteiger partial charge in [-0.3, -0.25) is 9.78 Å². The van der Waals surface area contributed by atoms with Crippen LogP contribution in [0.3, 0.4) is 0 Å². The normalized spacial score (nSPS) is 12.4. The van der Waals surface area contributed by atoms with Gasteiger partial charge in [-0.25, -0.2) is 0 Å². The summed E-state index contributed by atoms with van der Waals surface area (Å²) in [5.74, 6) is -0.179. The van der Waals surface area contributed by atoms with E-state index in [0.717, 1.165) is 16.3 Å². The van der Waals surface area contributed by atoms with Crippen molar-refractivity contribution in [2.75, 3.05) is 5.88 Å². The molecule has 0 spiro atoms. The number of hydrogen-bond donors (Lipinski definition) is 1. The summed E-state index contributed by atoms with van der Waals surface area (Å²) in [5.41, 5.74) is 1.07. The molecule has 0 aliphatic carbocycles. The van der Waals surface area contributed by atoms with Gasteiger partial charge in [0.05, 0.1) is 6.04 Å². The zero-order valence-electron chi connectivity index (χ0n) is 9.48. The Kier molecular flexibility index (Phi) is 3.59. The summed E-state index contributed by atoms with van der Waals surface area (Å²) in [6, 6.07) is 7.85. The Bertz CT molecular complexity index is 536. The van der Waals surface area contributed by atoms with Crippen molar-refractivity contribution in [2.24, 2.45) is 0 Å². The minimum atomic E-state index is -0.162. The highest BCUT2D eigenvalue weighted by Crippen LogP contribution is 2.23. The summed E-state index contributed by atoms with van der Waals surface area (Å²) in [5, 5.41) is 5.02. The van der Waals surface area contributed by atoms with Gasteiger partial charge in [-0.05, 0) is 23.9 Å². The molecule has 1 N–H and O–H groups in total. The van der Waals surface area contributed by atoms with Gasteiger partial charge < -0.3 is 5.32 Å². The van der Waals surface area contributed by atoms with E-state index < -0.39 is 0 Å². The third kappa shape index (κ3) is 2.56. The molecule has 1 heterocycles. The third-order valence-corrected chi connectivity index (χ3v) is 2.92. The molecule has 0 bridgehead atoms. The predicted octanol–water partition coefficient (Wildman–Crippen LogP) is 2.65. The van der Waals surface area contributed by atoms with Crippen LogP contribution in [0.4, 0.5) is 0 Å². The van der Waals surface area contributed by atoms with E-state index in [9.17, 15) is 4.79 Å². The minimum Gasteiger partial charge on any atom is -0.349 e. The molecule has 1 aromatic carbocycles. The highest BCUT2D eigenvalue weighted by atomic mass is 35.5. The molecule has 0 radical (unpaired) electrons. The quantitative estimate of drug-likeness (QED) is 0.849. The summed E-state index contributed by atoms with van der Waals surface area (Å²) >= 11 is 5.48. The van der Waals surface area contributed by atoms with Crippen LogP contribution in [0.25, 0.3) is 10.8 Å². The van der Waals surface area contributed by atoms with Gasteiger partial charge in [-0.2, -0.15) is 0 Å². The molecule has 2 rings (SSSR count). The first-order valence-electron chi connectivity index (χ1n) is 5.40.